The van der Waals surface area contributed by atoms with E-state index in [4.69, 9.17) is 0 Å². The van der Waals surface area contributed by atoms with Crippen LogP contribution in [0.3, 0.4) is 0 Å². The summed E-state index contributed by atoms with van der Waals surface area (Å²) < 4.78 is 0. The Hall–Kier alpha value is -0.0400. The van der Waals surface area contributed by atoms with E-state index in [2.05, 4.69) is 20.8 Å². The van der Waals surface area contributed by atoms with Crippen LogP contribution >= 0.6 is 0 Å². The maximum Gasteiger partial charge on any atom is 0.0514 e. The summed E-state index contributed by atoms with van der Waals surface area (Å²) in [7, 11) is 0. The van der Waals surface area contributed by atoms with Gasteiger partial charge in [0.2, 0.25) is 0 Å². The monoisotopic (exact) mass is 200 g/mol. The lowest BCUT2D eigenvalue weighted by Gasteiger charge is -2.15. The molecule has 0 amide bonds. The molecular formula is C13H28O. The van der Waals surface area contributed by atoms with Gasteiger partial charge in [-0.1, -0.05) is 52.9 Å². The van der Waals surface area contributed by atoms with E-state index >= 15 is 0 Å². The van der Waals surface area contributed by atoms with Crippen molar-refractivity contribution in [3.63, 3.8) is 0 Å². The van der Waals surface area contributed by atoms with Gasteiger partial charge in [-0.15, -0.1) is 0 Å². The van der Waals surface area contributed by atoms with Gasteiger partial charge >= 0.3 is 0 Å². The fourth-order valence-corrected chi connectivity index (χ4v) is 2.15. The predicted molar refractivity (Wildman–Crippen MR) is 63.4 cm³/mol. The molecule has 0 aromatic heterocycles. The summed E-state index contributed by atoms with van der Waals surface area (Å²) in [6.45, 7) is 8.71. The number of aliphatic hydroxyl groups is 1. The lowest BCUT2D eigenvalue weighted by Crippen LogP contribution is -2.07. The minimum atomic E-state index is -0.127. The van der Waals surface area contributed by atoms with Crippen molar-refractivity contribution in [1.29, 1.82) is 0 Å². The largest absolute Gasteiger partial charge is 0.393 e. The molecule has 2 unspecified atom stereocenters. The predicted octanol–water partition coefficient (Wildman–Crippen LogP) is 4.00. The fourth-order valence-electron chi connectivity index (χ4n) is 2.15. The van der Waals surface area contributed by atoms with Crippen molar-refractivity contribution in [3.8, 4) is 0 Å². The van der Waals surface area contributed by atoms with Gasteiger partial charge in [0.1, 0.15) is 0 Å². The molecular weight excluding hydrogens is 172 g/mol. The van der Waals surface area contributed by atoms with E-state index in [0.29, 0.717) is 5.92 Å². The third-order valence-corrected chi connectivity index (χ3v) is 3.21. The Morgan fingerprint density at radius 2 is 1.57 bits per heavy atom. The number of hydrogen-bond acceptors (Lipinski definition) is 1. The van der Waals surface area contributed by atoms with E-state index in [1.165, 1.54) is 32.1 Å². The van der Waals surface area contributed by atoms with Crippen molar-refractivity contribution >= 4 is 0 Å². The van der Waals surface area contributed by atoms with Crippen LogP contribution in [0.4, 0.5) is 0 Å². The molecule has 0 aromatic carbocycles. The molecule has 0 bridgehead atoms. The lowest BCUT2D eigenvalue weighted by atomic mass is 9.92. The fraction of sp³-hybridized carbons (Fsp3) is 1.00. The second-order valence-corrected chi connectivity index (χ2v) is 4.80. The minimum absolute atomic E-state index is 0.127. The van der Waals surface area contributed by atoms with Gasteiger partial charge in [-0.3, -0.25) is 0 Å². The topological polar surface area (TPSA) is 20.2 Å². The molecule has 0 fully saturated rings. The molecule has 0 radical (unpaired) electrons. The molecule has 0 aromatic rings. The standard InChI is InChI=1S/C13H28O/c1-5-13(6-2)9-7-8-11(3)10-12(4)14/h11-14H,5-10H2,1-4H3. The first-order valence-electron chi connectivity index (χ1n) is 6.28. The molecule has 86 valence electrons. The SMILES string of the molecule is CCC(CC)CCCC(C)CC(C)O. The molecule has 0 spiro atoms. The van der Waals surface area contributed by atoms with E-state index < -0.39 is 0 Å². The normalized spacial score (nSPS) is 15.9. The summed E-state index contributed by atoms with van der Waals surface area (Å²) in [5.41, 5.74) is 0. The quantitative estimate of drug-likeness (QED) is 0.628. The van der Waals surface area contributed by atoms with Crippen LogP contribution < -0.4 is 0 Å². The maximum atomic E-state index is 9.22. The third kappa shape index (κ3) is 7.37. The summed E-state index contributed by atoms with van der Waals surface area (Å²) >= 11 is 0. The lowest BCUT2D eigenvalue weighted by molar-refractivity contribution is 0.160. The smallest absolute Gasteiger partial charge is 0.0514 e. The summed E-state index contributed by atoms with van der Waals surface area (Å²) in [4.78, 5) is 0. The van der Waals surface area contributed by atoms with Crippen LogP contribution in [-0.4, -0.2) is 11.2 Å². The first-order valence-corrected chi connectivity index (χ1v) is 6.28. The van der Waals surface area contributed by atoms with Gasteiger partial charge in [-0.25, -0.2) is 0 Å². The Labute approximate surface area is 89.9 Å². The van der Waals surface area contributed by atoms with Crippen molar-refractivity contribution < 1.29 is 5.11 Å². The zero-order chi connectivity index (χ0) is 11.0. The van der Waals surface area contributed by atoms with Crippen LogP contribution in [0, 0.1) is 11.8 Å². The molecule has 0 saturated heterocycles. The highest BCUT2D eigenvalue weighted by Gasteiger charge is 2.08. The van der Waals surface area contributed by atoms with Gasteiger partial charge in [0.15, 0.2) is 0 Å². The first-order chi connectivity index (χ1) is 6.60. The number of rotatable bonds is 8. The van der Waals surface area contributed by atoms with Gasteiger partial charge in [0.05, 0.1) is 6.10 Å². The highest BCUT2D eigenvalue weighted by Crippen LogP contribution is 2.20. The Balaban J connectivity index is 3.42. The molecule has 1 N–H and O–H groups in total. The maximum absolute atomic E-state index is 9.22. The summed E-state index contributed by atoms with van der Waals surface area (Å²) in [5.74, 6) is 1.61. The molecule has 1 heteroatoms. The molecule has 0 aliphatic rings. The van der Waals surface area contributed by atoms with Gasteiger partial charge in [-0.2, -0.15) is 0 Å². The van der Waals surface area contributed by atoms with E-state index in [0.717, 1.165) is 12.3 Å². The molecule has 0 aliphatic heterocycles. The Bertz CT molecular complexity index is 116. The van der Waals surface area contributed by atoms with Gasteiger partial charge < -0.3 is 5.11 Å². The zero-order valence-corrected chi connectivity index (χ0v) is 10.4. The Morgan fingerprint density at radius 1 is 1.00 bits per heavy atom. The summed E-state index contributed by atoms with van der Waals surface area (Å²) in [6.07, 6.45) is 7.46. The summed E-state index contributed by atoms with van der Waals surface area (Å²) in [6, 6.07) is 0. The van der Waals surface area contributed by atoms with Crippen LogP contribution in [0.15, 0.2) is 0 Å². The van der Waals surface area contributed by atoms with Crippen molar-refractivity contribution in [2.24, 2.45) is 11.8 Å². The van der Waals surface area contributed by atoms with Crippen molar-refractivity contribution in [3.05, 3.63) is 0 Å². The van der Waals surface area contributed by atoms with E-state index in [1.54, 1.807) is 0 Å². The number of aliphatic hydroxyl groups excluding tert-OH is 1. The molecule has 0 saturated carbocycles. The Kier molecular flexibility index (Phi) is 8.26. The van der Waals surface area contributed by atoms with E-state index in [9.17, 15) is 5.11 Å². The zero-order valence-electron chi connectivity index (χ0n) is 10.4. The molecule has 1 nitrogen and oxygen atoms in total. The van der Waals surface area contributed by atoms with Gasteiger partial charge in [0.25, 0.3) is 0 Å². The molecule has 2 atom stereocenters. The van der Waals surface area contributed by atoms with Crippen LogP contribution in [-0.2, 0) is 0 Å². The average Bonchev–Trinajstić information content (AvgIpc) is 2.11. The van der Waals surface area contributed by atoms with Crippen LogP contribution in [0.5, 0.6) is 0 Å². The summed E-state index contributed by atoms with van der Waals surface area (Å²) in [5, 5.41) is 9.22. The second-order valence-electron chi connectivity index (χ2n) is 4.80. The van der Waals surface area contributed by atoms with E-state index in [-0.39, 0.29) is 6.10 Å². The molecule has 0 aliphatic carbocycles. The third-order valence-electron chi connectivity index (χ3n) is 3.21. The second kappa shape index (κ2) is 8.28. The highest BCUT2D eigenvalue weighted by atomic mass is 16.3. The Morgan fingerprint density at radius 3 is 2.00 bits per heavy atom. The van der Waals surface area contributed by atoms with Crippen molar-refractivity contribution in [2.45, 2.75) is 72.3 Å². The van der Waals surface area contributed by atoms with Gasteiger partial charge in [0, 0.05) is 0 Å². The number of hydrogen-bond donors (Lipinski definition) is 1. The molecule has 0 rings (SSSR count). The van der Waals surface area contributed by atoms with Crippen LogP contribution in [0.1, 0.15) is 66.2 Å². The van der Waals surface area contributed by atoms with Crippen LogP contribution in [0.25, 0.3) is 0 Å². The van der Waals surface area contributed by atoms with Gasteiger partial charge in [-0.05, 0) is 25.2 Å². The highest BCUT2D eigenvalue weighted by molar-refractivity contribution is 4.60. The molecule has 14 heavy (non-hydrogen) atoms. The minimum Gasteiger partial charge on any atom is -0.393 e. The van der Waals surface area contributed by atoms with Crippen molar-refractivity contribution in [1.82, 2.24) is 0 Å². The van der Waals surface area contributed by atoms with Crippen LogP contribution in [0.2, 0.25) is 0 Å². The average molecular weight is 200 g/mol. The van der Waals surface area contributed by atoms with E-state index in [1.807, 2.05) is 6.92 Å². The van der Waals surface area contributed by atoms with Crippen molar-refractivity contribution in [2.75, 3.05) is 0 Å². The molecule has 0 heterocycles. The first kappa shape index (κ1) is 14.0.